The summed E-state index contributed by atoms with van der Waals surface area (Å²) >= 11 is 0. The van der Waals surface area contributed by atoms with Gasteiger partial charge >= 0.3 is 0 Å². The molecule has 1 atom stereocenters. The third kappa shape index (κ3) is 1.96. The fourth-order valence-corrected chi connectivity index (χ4v) is 3.68. The zero-order valence-corrected chi connectivity index (χ0v) is 14.2. The number of nitrogens with one attached hydrogen (secondary N) is 2. The van der Waals surface area contributed by atoms with Crippen LogP contribution in [0.3, 0.4) is 0 Å². The van der Waals surface area contributed by atoms with Crippen LogP contribution in [0, 0.1) is 0 Å². The monoisotopic (exact) mass is 334 g/mol. The number of aromatic amines is 1. The van der Waals surface area contributed by atoms with Gasteiger partial charge in [0.1, 0.15) is 17.2 Å². The first-order chi connectivity index (χ1) is 12.2. The highest BCUT2D eigenvalue weighted by molar-refractivity contribution is 5.95. The van der Waals surface area contributed by atoms with Gasteiger partial charge in [-0.25, -0.2) is 15.0 Å². The van der Waals surface area contributed by atoms with Crippen molar-refractivity contribution in [3.8, 4) is 17.0 Å². The van der Waals surface area contributed by atoms with Gasteiger partial charge in [0.25, 0.3) is 0 Å². The highest BCUT2D eigenvalue weighted by Gasteiger charge is 2.32. The normalized spacial score (nSPS) is 18.8. The third-order valence-electron chi connectivity index (χ3n) is 4.92. The molecule has 2 N–H and O–H groups in total. The van der Waals surface area contributed by atoms with E-state index in [1.54, 1.807) is 13.3 Å². The van der Waals surface area contributed by atoms with Crippen molar-refractivity contribution in [1.29, 1.82) is 0 Å². The van der Waals surface area contributed by atoms with Crippen LogP contribution in [0.2, 0.25) is 0 Å². The Balaban J connectivity index is 1.69. The van der Waals surface area contributed by atoms with Gasteiger partial charge in [-0.1, -0.05) is 0 Å². The first-order valence-electron chi connectivity index (χ1n) is 8.11. The lowest BCUT2D eigenvalue weighted by Gasteiger charge is -2.23. The van der Waals surface area contributed by atoms with Crippen molar-refractivity contribution in [3.05, 3.63) is 41.9 Å². The van der Waals surface area contributed by atoms with Crippen molar-refractivity contribution in [2.45, 2.75) is 6.04 Å². The molecule has 2 aliphatic rings. The van der Waals surface area contributed by atoms with Crippen LogP contribution in [-0.2, 0) is 7.05 Å². The Hall–Kier alpha value is -3.06. The van der Waals surface area contributed by atoms with Crippen LogP contribution in [-0.4, -0.2) is 39.9 Å². The molecule has 0 aliphatic carbocycles. The average molecular weight is 334 g/mol. The molecule has 0 spiro atoms. The average Bonchev–Trinajstić information content (AvgIpc) is 3.30. The number of likely N-dealkylation sites (N-methyl/N-ethyl adjacent to an activating group) is 1. The minimum absolute atomic E-state index is 0.181. The fourth-order valence-electron chi connectivity index (χ4n) is 3.68. The van der Waals surface area contributed by atoms with E-state index in [2.05, 4.69) is 37.7 Å². The van der Waals surface area contributed by atoms with Crippen molar-refractivity contribution in [3.63, 3.8) is 0 Å². The van der Waals surface area contributed by atoms with Gasteiger partial charge in [-0.2, -0.15) is 0 Å². The quantitative estimate of drug-likeness (QED) is 0.756. The SMILES string of the molecule is COc1cnc2c(c1)c(-c1cc3c([nH]1)N=CC1=CNN(C)C13)cn2C. The van der Waals surface area contributed by atoms with Gasteiger partial charge in [-0.05, 0) is 12.1 Å². The van der Waals surface area contributed by atoms with Gasteiger partial charge in [0.15, 0.2) is 0 Å². The van der Waals surface area contributed by atoms with E-state index in [1.807, 2.05) is 37.1 Å². The molecule has 3 aromatic rings. The van der Waals surface area contributed by atoms with Gasteiger partial charge in [-0.15, -0.1) is 0 Å². The Morgan fingerprint density at radius 3 is 2.96 bits per heavy atom. The number of aryl methyl sites for hydroxylation is 1. The second-order valence-corrected chi connectivity index (χ2v) is 6.43. The summed E-state index contributed by atoms with van der Waals surface area (Å²) in [4.78, 5) is 12.6. The molecule has 0 bridgehead atoms. The molecule has 7 nitrogen and oxygen atoms in total. The van der Waals surface area contributed by atoms with E-state index >= 15 is 0 Å². The Morgan fingerprint density at radius 2 is 2.12 bits per heavy atom. The van der Waals surface area contributed by atoms with Crippen LogP contribution in [0.1, 0.15) is 11.6 Å². The summed E-state index contributed by atoms with van der Waals surface area (Å²) in [7, 11) is 5.70. The van der Waals surface area contributed by atoms with Crippen molar-refractivity contribution in [2.24, 2.45) is 12.0 Å². The van der Waals surface area contributed by atoms with Crippen LogP contribution in [0.15, 0.2) is 41.3 Å². The molecule has 0 saturated heterocycles. The molecule has 0 radical (unpaired) electrons. The van der Waals surface area contributed by atoms with Crippen LogP contribution < -0.4 is 10.2 Å². The van der Waals surface area contributed by atoms with Gasteiger partial charge in [0.05, 0.1) is 19.3 Å². The first-order valence-corrected chi connectivity index (χ1v) is 8.11. The molecular weight excluding hydrogens is 316 g/mol. The molecule has 0 aromatic carbocycles. The fraction of sp³-hybridized carbons (Fsp3) is 0.222. The van der Waals surface area contributed by atoms with Crippen LogP contribution in [0.25, 0.3) is 22.3 Å². The summed E-state index contributed by atoms with van der Waals surface area (Å²) in [6.45, 7) is 0. The lowest BCUT2D eigenvalue weighted by atomic mass is 10.00. The molecule has 1 unspecified atom stereocenters. The second kappa shape index (κ2) is 4.97. The lowest BCUT2D eigenvalue weighted by Crippen LogP contribution is -2.29. The number of aliphatic imine (C=N–C) groups is 1. The molecule has 25 heavy (non-hydrogen) atoms. The summed E-state index contributed by atoms with van der Waals surface area (Å²) in [5.41, 5.74) is 8.62. The van der Waals surface area contributed by atoms with Gasteiger partial charge in [0.2, 0.25) is 0 Å². The number of pyridine rings is 1. The van der Waals surface area contributed by atoms with E-state index in [0.29, 0.717) is 0 Å². The summed E-state index contributed by atoms with van der Waals surface area (Å²) in [6, 6.07) is 4.39. The molecule has 2 aliphatic heterocycles. The lowest BCUT2D eigenvalue weighted by molar-refractivity contribution is 0.253. The zero-order valence-electron chi connectivity index (χ0n) is 14.2. The highest BCUT2D eigenvalue weighted by Crippen LogP contribution is 2.42. The first kappa shape index (κ1) is 14.3. The van der Waals surface area contributed by atoms with Gasteiger partial charge < -0.3 is 19.7 Å². The van der Waals surface area contributed by atoms with E-state index in [-0.39, 0.29) is 6.04 Å². The predicted octanol–water partition coefficient (Wildman–Crippen LogP) is 2.67. The number of hydrogen-bond acceptors (Lipinski definition) is 5. The predicted molar refractivity (Wildman–Crippen MR) is 96.9 cm³/mol. The maximum Gasteiger partial charge on any atom is 0.140 e. The minimum atomic E-state index is 0.181. The van der Waals surface area contributed by atoms with Crippen molar-refractivity contribution >= 4 is 23.1 Å². The Kier molecular flexibility index (Phi) is 2.84. The van der Waals surface area contributed by atoms with Crippen molar-refractivity contribution in [2.75, 3.05) is 14.2 Å². The van der Waals surface area contributed by atoms with E-state index in [9.17, 15) is 0 Å². The summed E-state index contributed by atoms with van der Waals surface area (Å²) in [5.74, 6) is 1.65. The third-order valence-corrected chi connectivity index (χ3v) is 4.92. The van der Waals surface area contributed by atoms with Gasteiger partial charge in [-0.3, -0.25) is 0 Å². The minimum Gasteiger partial charge on any atom is -0.495 e. The molecule has 5 heterocycles. The topological polar surface area (TPSA) is 70.5 Å². The van der Waals surface area contributed by atoms with Gasteiger partial charge in [0, 0.05) is 60.5 Å². The molecule has 0 saturated carbocycles. The number of H-pyrrole nitrogens is 1. The number of methoxy groups -OCH3 is 1. The summed E-state index contributed by atoms with van der Waals surface area (Å²) in [5, 5.41) is 3.14. The van der Waals surface area contributed by atoms with E-state index < -0.39 is 0 Å². The molecule has 126 valence electrons. The molecular formula is C18H18N6O. The zero-order chi connectivity index (χ0) is 17.1. The van der Waals surface area contributed by atoms with Crippen LogP contribution >= 0.6 is 0 Å². The molecule has 5 rings (SSSR count). The molecule has 7 heteroatoms. The van der Waals surface area contributed by atoms with E-state index in [1.165, 1.54) is 11.1 Å². The number of hydrazine groups is 1. The highest BCUT2D eigenvalue weighted by atomic mass is 16.5. The number of hydrogen-bond donors (Lipinski definition) is 2. The van der Waals surface area contributed by atoms with Crippen molar-refractivity contribution < 1.29 is 4.74 Å². The Bertz CT molecular complexity index is 1060. The Labute approximate surface area is 144 Å². The number of aromatic nitrogens is 3. The Morgan fingerprint density at radius 1 is 1.24 bits per heavy atom. The summed E-state index contributed by atoms with van der Waals surface area (Å²) < 4.78 is 7.38. The number of rotatable bonds is 2. The number of ether oxygens (including phenoxy) is 1. The second-order valence-electron chi connectivity index (χ2n) is 6.43. The molecule has 0 fully saturated rings. The largest absolute Gasteiger partial charge is 0.495 e. The van der Waals surface area contributed by atoms with E-state index in [0.717, 1.165) is 33.9 Å². The van der Waals surface area contributed by atoms with E-state index in [4.69, 9.17) is 4.74 Å². The van der Waals surface area contributed by atoms with Crippen molar-refractivity contribution in [1.82, 2.24) is 25.0 Å². The van der Waals surface area contributed by atoms with Crippen LogP contribution in [0.5, 0.6) is 5.75 Å². The number of fused-ring (bicyclic) bond motifs is 4. The maximum absolute atomic E-state index is 5.35. The summed E-state index contributed by atoms with van der Waals surface area (Å²) in [6.07, 6.45) is 7.74. The smallest absolute Gasteiger partial charge is 0.140 e. The maximum atomic E-state index is 5.35. The van der Waals surface area contributed by atoms with Crippen LogP contribution in [0.4, 0.5) is 5.82 Å². The standard InChI is InChI=1S/C18H18N6O/c1-23-9-14(12-4-11(25-3)8-20-18(12)23)15-5-13-16-10(7-21-24(16)2)6-19-17(13)22-15/h4-9,16,21-22H,1-3H3. The molecule has 0 amide bonds. The number of nitrogens with zero attached hydrogens (tertiary/aromatic N) is 4. The molecule has 3 aromatic heterocycles.